The summed E-state index contributed by atoms with van der Waals surface area (Å²) in [6, 6.07) is 8.55. The number of hydrogen-bond donors (Lipinski definition) is 0. The number of anilines is 1. The normalized spacial score (nSPS) is 21.2. The fourth-order valence-corrected chi connectivity index (χ4v) is 5.40. The Morgan fingerprint density at radius 3 is 2.64 bits per heavy atom. The minimum Gasteiger partial charge on any atom is -0.369 e. The lowest BCUT2D eigenvalue weighted by Gasteiger charge is -2.44. The van der Waals surface area contributed by atoms with Gasteiger partial charge in [0.1, 0.15) is 4.88 Å². The quantitative estimate of drug-likeness (QED) is 0.759. The maximum atomic E-state index is 13.0. The number of amides is 1. The monoisotopic (exact) mass is 418 g/mol. The predicted octanol–water partition coefficient (Wildman–Crippen LogP) is 3.84. The van der Waals surface area contributed by atoms with Gasteiger partial charge in [-0.1, -0.05) is 17.7 Å². The van der Waals surface area contributed by atoms with Crippen LogP contribution in [0.15, 0.2) is 24.3 Å². The van der Waals surface area contributed by atoms with E-state index >= 15 is 0 Å². The van der Waals surface area contributed by atoms with Crippen molar-refractivity contribution in [3.63, 3.8) is 0 Å². The van der Waals surface area contributed by atoms with E-state index in [0.29, 0.717) is 6.04 Å². The molecule has 1 aromatic heterocycles. The van der Waals surface area contributed by atoms with E-state index in [4.69, 9.17) is 11.6 Å². The molecule has 5 nitrogen and oxygen atoms in total. The van der Waals surface area contributed by atoms with Gasteiger partial charge in [0, 0.05) is 56.0 Å². The zero-order chi connectivity index (χ0) is 19.7. The van der Waals surface area contributed by atoms with Crippen molar-refractivity contribution >= 4 is 34.5 Å². The summed E-state index contributed by atoms with van der Waals surface area (Å²) < 4.78 is 0. The second-order valence-electron chi connectivity index (χ2n) is 7.70. The highest BCUT2D eigenvalue weighted by Gasteiger charge is 2.31. The van der Waals surface area contributed by atoms with Crippen molar-refractivity contribution in [1.29, 1.82) is 0 Å². The molecule has 2 aromatic rings. The van der Waals surface area contributed by atoms with Crippen molar-refractivity contribution in [2.75, 3.05) is 44.2 Å². The average Bonchev–Trinajstić information content (AvgIpc) is 3.05. The van der Waals surface area contributed by atoms with E-state index in [1.807, 2.05) is 36.9 Å². The molecule has 4 rings (SSSR count). The number of likely N-dealkylation sites (tertiary alicyclic amines) is 1. The second kappa shape index (κ2) is 8.39. The molecule has 2 fully saturated rings. The van der Waals surface area contributed by atoms with Crippen molar-refractivity contribution < 1.29 is 4.79 Å². The van der Waals surface area contributed by atoms with E-state index in [1.165, 1.54) is 23.4 Å². The molecule has 0 spiro atoms. The van der Waals surface area contributed by atoms with Gasteiger partial charge in [-0.15, -0.1) is 11.3 Å². The smallest absolute Gasteiger partial charge is 0.265 e. The number of benzene rings is 1. The highest BCUT2D eigenvalue weighted by Crippen LogP contribution is 2.25. The molecule has 0 aliphatic carbocycles. The first-order valence-electron chi connectivity index (χ1n) is 9.99. The summed E-state index contributed by atoms with van der Waals surface area (Å²) in [4.78, 5) is 25.2. The summed E-state index contributed by atoms with van der Waals surface area (Å²) in [7, 11) is 0. The third kappa shape index (κ3) is 4.19. The van der Waals surface area contributed by atoms with Crippen LogP contribution < -0.4 is 4.90 Å². The van der Waals surface area contributed by atoms with E-state index in [0.717, 1.165) is 66.3 Å². The lowest BCUT2D eigenvalue weighted by molar-refractivity contribution is 0.0567. The van der Waals surface area contributed by atoms with Crippen LogP contribution in [0.25, 0.3) is 0 Å². The molecule has 1 aromatic carbocycles. The Labute approximate surface area is 175 Å². The Morgan fingerprint density at radius 2 is 1.96 bits per heavy atom. The first kappa shape index (κ1) is 19.7. The Morgan fingerprint density at radius 1 is 1.18 bits per heavy atom. The second-order valence-corrected chi connectivity index (χ2v) is 9.34. The molecule has 3 heterocycles. The number of piperazine rings is 1. The van der Waals surface area contributed by atoms with Gasteiger partial charge in [-0.2, -0.15) is 0 Å². The van der Waals surface area contributed by atoms with Gasteiger partial charge in [0.2, 0.25) is 0 Å². The zero-order valence-corrected chi connectivity index (χ0v) is 18.1. The molecule has 1 unspecified atom stereocenters. The number of carbonyl (C=O) groups excluding carboxylic acids is 1. The minimum absolute atomic E-state index is 0.158. The van der Waals surface area contributed by atoms with Gasteiger partial charge in [-0.3, -0.25) is 9.69 Å². The van der Waals surface area contributed by atoms with Gasteiger partial charge < -0.3 is 9.80 Å². The molecule has 7 heteroatoms. The van der Waals surface area contributed by atoms with Gasteiger partial charge >= 0.3 is 0 Å². The van der Waals surface area contributed by atoms with Crippen LogP contribution in [-0.4, -0.2) is 66.0 Å². The van der Waals surface area contributed by atoms with Gasteiger partial charge in [0.05, 0.1) is 10.7 Å². The molecule has 28 heavy (non-hydrogen) atoms. The van der Waals surface area contributed by atoms with Crippen molar-refractivity contribution in [2.45, 2.75) is 32.7 Å². The average molecular weight is 419 g/mol. The molecular weight excluding hydrogens is 392 g/mol. The van der Waals surface area contributed by atoms with Crippen molar-refractivity contribution in [3.8, 4) is 0 Å². The molecule has 0 bridgehead atoms. The highest BCUT2D eigenvalue weighted by atomic mass is 35.5. The topological polar surface area (TPSA) is 39.7 Å². The van der Waals surface area contributed by atoms with Crippen molar-refractivity contribution in [2.24, 2.45) is 0 Å². The zero-order valence-electron chi connectivity index (χ0n) is 16.5. The van der Waals surface area contributed by atoms with Crippen LogP contribution in [0, 0.1) is 13.8 Å². The summed E-state index contributed by atoms with van der Waals surface area (Å²) in [6.45, 7) is 9.63. The lowest BCUT2D eigenvalue weighted by atomic mass is 10.0. The molecule has 0 radical (unpaired) electrons. The lowest BCUT2D eigenvalue weighted by Crippen LogP contribution is -2.55. The molecule has 2 saturated heterocycles. The number of rotatable bonds is 3. The van der Waals surface area contributed by atoms with Gasteiger partial charge in [-0.25, -0.2) is 4.98 Å². The van der Waals surface area contributed by atoms with Crippen molar-refractivity contribution in [3.05, 3.63) is 44.9 Å². The molecular formula is C21H27ClN4OS. The molecule has 1 amide bonds. The largest absolute Gasteiger partial charge is 0.369 e. The Balaban J connectivity index is 1.36. The van der Waals surface area contributed by atoms with Crippen LogP contribution in [0.2, 0.25) is 5.02 Å². The van der Waals surface area contributed by atoms with E-state index in [1.54, 1.807) is 0 Å². The molecule has 2 aliphatic rings. The third-order valence-corrected chi connectivity index (χ3v) is 7.08. The number of halogens is 1. The summed E-state index contributed by atoms with van der Waals surface area (Å²) in [5, 5.41) is 1.75. The van der Waals surface area contributed by atoms with E-state index in [-0.39, 0.29) is 5.91 Å². The molecule has 0 saturated carbocycles. The van der Waals surface area contributed by atoms with Crippen LogP contribution >= 0.6 is 22.9 Å². The maximum absolute atomic E-state index is 13.0. The first-order chi connectivity index (χ1) is 13.5. The third-order valence-electron chi connectivity index (χ3n) is 5.79. The molecule has 2 aliphatic heterocycles. The number of piperidine rings is 1. The van der Waals surface area contributed by atoms with E-state index < -0.39 is 0 Å². The number of nitrogens with zero attached hydrogens (tertiary/aromatic N) is 4. The molecule has 1 atom stereocenters. The summed E-state index contributed by atoms with van der Waals surface area (Å²) in [6.07, 6.45) is 2.24. The fourth-order valence-electron chi connectivity index (χ4n) is 4.33. The van der Waals surface area contributed by atoms with Gasteiger partial charge in [0.15, 0.2) is 0 Å². The van der Waals surface area contributed by atoms with E-state index in [9.17, 15) is 4.79 Å². The van der Waals surface area contributed by atoms with E-state index in [2.05, 4.69) is 20.9 Å². The van der Waals surface area contributed by atoms with Crippen LogP contribution in [0.4, 0.5) is 5.69 Å². The highest BCUT2D eigenvalue weighted by molar-refractivity contribution is 7.13. The van der Waals surface area contributed by atoms with Crippen molar-refractivity contribution in [1.82, 2.24) is 14.8 Å². The predicted molar refractivity (Wildman–Crippen MR) is 116 cm³/mol. The molecule has 0 N–H and O–H groups in total. The number of carbonyl (C=O) groups is 1. The summed E-state index contributed by atoms with van der Waals surface area (Å²) in [5.41, 5.74) is 2.06. The maximum Gasteiger partial charge on any atom is 0.265 e. The number of aromatic nitrogens is 1. The number of aryl methyl sites for hydroxylation is 2. The minimum atomic E-state index is 0.158. The van der Waals surface area contributed by atoms with Crippen LogP contribution in [0.3, 0.4) is 0 Å². The van der Waals surface area contributed by atoms with Crippen LogP contribution in [0.1, 0.15) is 33.2 Å². The van der Waals surface area contributed by atoms with Gasteiger partial charge in [-0.05, 0) is 44.9 Å². The fraction of sp³-hybridized carbons (Fsp3) is 0.524. The van der Waals surface area contributed by atoms with Crippen LogP contribution in [0.5, 0.6) is 0 Å². The SMILES string of the molecule is Cc1nc(C)c(C(=O)N2CCCC(N3CCN(c4cccc(Cl)c4)CC3)C2)s1. The summed E-state index contributed by atoms with van der Waals surface area (Å²) in [5.74, 6) is 0.158. The summed E-state index contributed by atoms with van der Waals surface area (Å²) >= 11 is 7.66. The molecule has 150 valence electrons. The first-order valence-corrected chi connectivity index (χ1v) is 11.2. The Hall–Kier alpha value is -1.63. The Bertz CT molecular complexity index is 847. The number of thiazole rings is 1. The number of hydrogen-bond acceptors (Lipinski definition) is 5. The van der Waals surface area contributed by atoms with Gasteiger partial charge in [0.25, 0.3) is 5.91 Å². The Kier molecular flexibility index (Phi) is 5.90. The van der Waals surface area contributed by atoms with Crippen LogP contribution in [-0.2, 0) is 0 Å². The standard InChI is InChI=1S/C21H27ClN4OS/c1-15-20(28-16(2)23-15)21(27)26-8-4-7-19(14-26)25-11-9-24(10-12-25)18-6-3-5-17(22)13-18/h3,5-6,13,19H,4,7-12,14H2,1-2H3.